The molecule has 1 N–H and O–H groups in total. The average Bonchev–Trinajstić information content (AvgIpc) is 3.16. The Morgan fingerprint density at radius 2 is 1.32 bits per heavy atom. The van der Waals surface area contributed by atoms with Gasteiger partial charge in [0.25, 0.3) is 0 Å². The van der Waals surface area contributed by atoms with Crippen LogP contribution in [0.15, 0.2) is 72.7 Å². The van der Waals surface area contributed by atoms with Gasteiger partial charge in [-0.25, -0.2) is 0 Å². The Kier molecular flexibility index (Phi) is 2.31. The number of aromatic nitrogens is 3. The van der Waals surface area contributed by atoms with E-state index in [4.69, 9.17) is 4.98 Å². The van der Waals surface area contributed by atoms with Crippen molar-refractivity contribution >= 4 is 5.70 Å². The van der Waals surface area contributed by atoms with E-state index in [0.29, 0.717) is 0 Å². The van der Waals surface area contributed by atoms with Crippen LogP contribution in [0.25, 0.3) is 17.1 Å². The molecule has 4 nitrogen and oxygen atoms in total. The monoisotopic (exact) mass is 322 g/mol. The highest BCUT2D eigenvalue weighted by atomic mass is 14.9. The molecule has 1 spiro atoms. The van der Waals surface area contributed by atoms with Crippen LogP contribution in [0, 0.1) is 0 Å². The van der Waals surface area contributed by atoms with E-state index in [1.54, 1.807) is 0 Å². The van der Waals surface area contributed by atoms with Gasteiger partial charge in [-0.2, -0.15) is 0 Å². The maximum atomic E-state index is 4.71. The fourth-order valence-corrected chi connectivity index (χ4v) is 4.61. The zero-order valence-electron chi connectivity index (χ0n) is 13.4. The van der Waals surface area contributed by atoms with E-state index in [0.717, 1.165) is 29.3 Å². The minimum atomic E-state index is -0.379. The first kappa shape index (κ1) is 13.1. The molecule has 3 aromatic rings. The summed E-state index contributed by atoms with van der Waals surface area (Å²) in [4.78, 5) is 14.1. The Morgan fingerprint density at radius 1 is 0.760 bits per heavy atom. The number of rotatable bonds is 0. The van der Waals surface area contributed by atoms with Crippen LogP contribution in [0.2, 0.25) is 0 Å². The molecule has 25 heavy (non-hydrogen) atoms. The van der Waals surface area contributed by atoms with Crippen LogP contribution < -0.4 is 5.32 Å². The Morgan fingerprint density at radius 3 is 1.96 bits per heavy atom. The highest BCUT2D eigenvalue weighted by Crippen LogP contribution is 2.60. The van der Waals surface area contributed by atoms with Crippen molar-refractivity contribution in [2.45, 2.75) is 5.41 Å². The summed E-state index contributed by atoms with van der Waals surface area (Å²) in [7, 11) is 0. The number of pyridine rings is 3. The largest absolute Gasteiger partial charge is 0.380 e. The lowest BCUT2D eigenvalue weighted by molar-refractivity contribution is 0.772. The van der Waals surface area contributed by atoms with Crippen molar-refractivity contribution in [3.05, 3.63) is 95.1 Å². The van der Waals surface area contributed by atoms with Crippen LogP contribution in [0.5, 0.6) is 0 Å². The second kappa shape index (κ2) is 4.42. The van der Waals surface area contributed by atoms with Gasteiger partial charge in [0.15, 0.2) is 0 Å². The molecule has 4 heteroatoms. The minimum absolute atomic E-state index is 0.379. The molecule has 4 heterocycles. The molecule has 0 radical (unpaired) electrons. The van der Waals surface area contributed by atoms with Crippen molar-refractivity contribution < 1.29 is 0 Å². The Bertz CT molecular complexity index is 1060. The first-order valence-electron chi connectivity index (χ1n) is 8.45. The van der Waals surface area contributed by atoms with Crippen molar-refractivity contribution in [2.24, 2.45) is 0 Å². The predicted molar refractivity (Wildman–Crippen MR) is 95.6 cm³/mol. The lowest BCUT2D eigenvalue weighted by Gasteiger charge is -2.30. The minimum Gasteiger partial charge on any atom is -0.380 e. The second-order valence-corrected chi connectivity index (χ2v) is 6.52. The lowest BCUT2D eigenvalue weighted by Crippen LogP contribution is -2.28. The number of allylic oxidation sites excluding steroid dienone is 2. The Labute approximate surface area is 145 Å². The summed E-state index contributed by atoms with van der Waals surface area (Å²) in [5.74, 6) is 0. The van der Waals surface area contributed by atoms with Crippen LogP contribution in [0.1, 0.15) is 22.4 Å². The molecular weight excluding hydrogens is 308 g/mol. The van der Waals surface area contributed by atoms with Crippen molar-refractivity contribution in [1.29, 1.82) is 0 Å². The van der Waals surface area contributed by atoms with Gasteiger partial charge >= 0.3 is 0 Å². The molecule has 1 aliphatic heterocycles. The molecule has 0 atom stereocenters. The van der Waals surface area contributed by atoms with E-state index >= 15 is 0 Å². The molecule has 0 amide bonds. The smallest absolute Gasteiger partial charge is 0.0937 e. The summed E-state index contributed by atoms with van der Waals surface area (Å²) in [6.07, 6.45) is 9.98. The summed E-state index contributed by atoms with van der Waals surface area (Å²) in [5, 5.41) is 3.54. The molecule has 0 unspecified atom stereocenters. The highest BCUT2D eigenvalue weighted by molar-refractivity contribution is 5.92. The molecule has 0 bridgehead atoms. The van der Waals surface area contributed by atoms with E-state index in [1.165, 1.54) is 22.3 Å². The Balaban J connectivity index is 1.84. The van der Waals surface area contributed by atoms with Gasteiger partial charge in [0.2, 0.25) is 0 Å². The Hall–Kier alpha value is -3.27. The molecular formula is C21H14N4. The highest BCUT2D eigenvalue weighted by Gasteiger charge is 2.54. The van der Waals surface area contributed by atoms with Gasteiger partial charge in [-0.15, -0.1) is 0 Å². The topological polar surface area (TPSA) is 50.7 Å². The van der Waals surface area contributed by atoms with Crippen LogP contribution >= 0.6 is 0 Å². The maximum Gasteiger partial charge on any atom is 0.0937 e. The normalized spacial score (nSPS) is 17.8. The number of dihydropyridines is 1. The first-order chi connectivity index (χ1) is 12.4. The van der Waals surface area contributed by atoms with Crippen molar-refractivity contribution in [3.8, 4) is 11.4 Å². The number of nitrogens with one attached hydrogen (secondary N) is 1. The van der Waals surface area contributed by atoms with E-state index in [1.807, 2.05) is 36.8 Å². The molecule has 2 aliphatic carbocycles. The van der Waals surface area contributed by atoms with Crippen LogP contribution in [0.3, 0.4) is 0 Å². The van der Waals surface area contributed by atoms with Gasteiger partial charge in [0.1, 0.15) is 0 Å². The van der Waals surface area contributed by atoms with Crippen LogP contribution in [0.4, 0.5) is 0 Å². The van der Waals surface area contributed by atoms with Gasteiger partial charge in [-0.3, -0.25) is 15.0 Å². The SMILES string of the molecule is C1=CC2=C(NC1)c1ncccc1C21c2cccnc2-c2ncccc21. The fourth-order valence-electron chi connectivity index (χ4n) is 4.61. The zero-order chi connectivity index (χ0) is 16.4. The quantitative estimate of drug-likeness (QED) is 0.691. The van der Waals surface area contributed by atoms with Crippen LogP contribution in [-0.4, -0.2) is 21.5 Å². The second-order valence-electron chi connectivity index (χ2n) is 6.52. The molecule has 3 aliphatic rings. The first-order valence-corrected chi connectivity index (χ1v) is 8.45. The van der Waals surface area contributed by atoms with Gasteiger partial charge < -0.3 is 5.32 Å². The fraction of sp³-hybridized carbons (Fsp3) is 0.0952. The molecule has 0 fully saturated rings. The summed E-state index contributed by atoms with van der Waals surface area (Å²) >= 11 is 0. The third-order valence-electron chi connectivity index (χ3n) is 5.45. The molecule has 118 valence electrons. The zero-order valence-corrected chi connectivity index (χ0v) is 13.4. The van der Waals surface area contributed by atoms with E-state index in [9.17, 15) is 0 Å². The summed E-state index contributed by atoms with van der Waals surface area (Å²) < 4.78 is 0. The van der Waals surface area contributed by atoms with Crippen LogP contribution in [-0.2, 0) is 5.41 Å². The van der Waals surface area contributed by atoms with Gasteiger partial charge in [-0.1, -0.05) is 30.4 Å². The molecule has 0 saturated carbocycles. The predicted octanol–water partition coefficient (Wildman–Crippen LogP) is 3.07. The lowest BCUT2D eigenvalue weighted by atomic mass is 9.70. The van der Waals surface area contributed by atoms with Crippen molar-refractivity contribution in [2.75, 3.05) is 6.54 Å². The van der Waals surface area contributed by atoms with Gasteiger partial charge in [0, 0.05) is 25.1 Å². The van der Waals surface area contributed by atoms with E-state index in [2.05, 4.69) is 45.6 Å². The van der Waals surface area contributed by atoms with Gasteiger partial charge in [-0.05, 0) is 40.5 Å². The number of nitrogens with zero attached hydrogens (tertiary/aromatic N) is 3. The average molecular weight is 322 g/mol. The number of fused-ring (bicyclic) bond motifs is 9. The molecule has 6 rings (SSSR count). The summed E-state index contributed by atoms with van der Waals surface area (Å²) in [5.41, 5.74) is 8.57. The third-order valence-corrected chi connectivity index (χ3v) is 5.45. The van der Waals surface area contributed by atoms with E-state index < -0.39 is 0 Å². The number of hydrogen-bond acceptors (Lipinski definition) is 4. The standard InChI is InChI=1S/C21H14N4/c1-5-13-17(22-9-1)18-14(6-2-10-23-18)21(13)15-7-3-11-24-19(15)20-16(21)8-4-12-25-20/h1-11,25H,12H2. The van der Waals surface area contributed by atoms with Gasteiger partial charge in [0.05, 0.1) is 28.2 Å². The number of hydrogen-bond donors (Lipinski definition) is 1. The summed E-state index contributed by atoms with van der Waals surface area (Å²) in [6, 6.07) is 12.6. The third kappa shape index (κ3) is 1.37. The molecule has 0 saturated heterocycles. The summed E-state index contributed by atoms with van der Waals surface area (Å²) in [6.45, 7) is 0.824. The molecule has 0 aromatic carbocycles. The molecule has 3 aromatic heterocycles. The maximum absolute atomic E-state index is 4.71. The van der Waals surface area contributed by atoms with Crippen molar-refractivity contribution in [3.63, 3.8) is 0 Å². The van der Waals surface area contributed by atoms with Crippen molar-refractivity contribution in [1.82, 2.24) is 20.3 Å². The van der Waals surface area contributed by atoms with E-state index in [-0.39, 0.29) is 5.41 Å².